The molecule has 4 aromatic rings. The monoisotopic (exact) mass is 951 g/mol. The smallest absolute Gasteiger partial charge is 0.266 e. The third-order valence-electron chi connectivity index (χ3n) is 9.76. The van der Waals surface area contributed by atoms with Gasteiger partial charge in [0.05, 0.1) is 80.8 Å². The molecule has 0 heterocycles. The van der Waals surface area contributed by atoms with Crippen LogP contribution in [0.15, 0.2) is 52.3 Å². The second-order valence-corrected chi connectivity index (χ2v) is 23.4. The van der Waals surface area contributed by atoms with Gasteiger partial charge in [-0.15, -0.1) is 0 Å². The molecule has 4 rings (SSSR count). The van der Waals surface area contributed by atoms with Crippen LogP contribution in [0, 0.1) is 5.41 Å². The molecule has 22 heteroatoms. The van der Waals surface area contributed by atoms with Crippen LogP contribution in [0.1, 0.15) is 40.5 Å². The minimum absolute atomic E-state index is 0.0368. The highest BCUT2D eigenvalue weighted by Crippen LogP contribution is 2.43. The Morgan fingerprint density at radius 3 is 1.48 bits per heavy atom. The molecule has 350 valence electrons. The van der Waals surface area contributed by atoms with Crippen molar-refractivity contribution in [3.05, 3.63) is 42.5 Å². The average molecular weight is 952 g/mol. The van der Waals surface area contributed by atoms with Crippen molar-refractivity contribution in [2.45, 2.75) is 56.4 Å². The number of hydrogen-bond acceptors (Lipinski definition) is 14. The van der Waals surface area contributed by atoms with Crippen LogP contribution in [0.4, 0.5) is 5.69 Å². The lowest BCUT2D eigenvalue weighted by atomic mass is 9.93. The molecule has 1 atom stereocenters. The molecular formula is C40H61N3O15S4. The molecule has 0 radical (unpaired) electrons. The summed E-state index contributed by atoms with van der Waals surface area (Å²) in [5, 5.41) is 6.05. The van der Waals surface area contributed by atoms with Gasteiger partial charge in [-0.2, -0.15) is 25.4 Å². The molecule has 0 aliphatic rings. The van der Waals surface area contributed by atoms with E-state index < -0.39 is 74.7 Å². The van der Waals surface area contributed by atoms with Gasteiger partial charge in [-0.25, -0.2) is 16.8 Å². The van der Waals surface area contributed by atoms with Gasteiger partial charge in [0.1, 0.15) is 0 Å². The zero-order chi connectivity index (χ0) is 45.9. The van der Waals surface area contributed by atoms with Crippen LogP contribution in [-0.4, -0.2) is 162 Å². The van der Waals surface area contributed by atoms with Crippen LogP contribution in [0.2, 0.25) is 0 Å². The summed E-state index contributed by atoms with van der Waals surface area (Å²) in [5.74, 6) is -1.82. The zero-order valence-corrected chi connectivity index (χ0v) is 39.4. The average Bonchev–Trinajstić information content (AvgIpc) is 3.18. The topological polar surface area (TPSA) is 242 Å². The highest BCUT2D eigenvalue weighted by atomic mass is 32.2. The van der Waals surface area contributed by atoms with Crippen LogP contribution >= 0.6 is 0 Å². The Labute approximate surface area is 366 Å². The molecular weight excluding hydrogens is 891 g/mol. The second-order valence-electron chi connectivity index (χ2n) is 16.2. The van der Waals surface area contributed by atoms with Gasteiger partial charge in [-0.05, 0) is 48.1 Å². The molecule has 0 aliphatic carbocycles. The molecule has 0 bridgehead atoms. The Morgan fingerprint density at radius 1 is 0.597 bits per heavy atom. The van der Waals surface area contributed by atoms with E-state index in [1.807, 2.05) is 19.1 Å². The third kappa shape index (κ3) is 15.1. The lowest BCUT2D eigenvalue weighted by Crippen LogP contribution is -2.33. The maximum absolute atomic E-state index is 14.1. The molecule has 0 saturated carbocycles. The number of ether oxygens (including phenoxy) is 5. The van der Waals surface area contributed by atoms with Crippen molar-refractivity contribution >= 4 is 78.3 Å². The number of sulfonamides is 2. The molecule has 0 saturated heterocycles. The van der Waals surface area contributed by atoms with E-state index in [0.29, 0.717) is 102 Å². The normalized spacial score (nSPS) is 14.0. The van der Waals surface area contributed by atoms with Crippen molar-refractivity contribution in [1.82, 2.24) is 8.61 Å². The summed E-state index contributed by atoms with van der Waals surface area (Å²) >= 11 is 0. The van der Waals surface area contributed by atoms with Crippen molar-refractivity contribution < 1.29 is 66.5 Å². The van der Waals surface area contributed by atoms with E-state index >= 15 is 0 Å². The highest BCUT2D eigenvalue weighted by Gasteiger charge is 2.32. The first-order valence-corrected chi connectivity index (χ1v) is 26.2. The predicted octanol–water partition coefficient (Wildman–Crippen LogP) is 4.31. The highest BCUT2D eigenvalue weighted by molar-refractivity contribution is 7.90. The molecule has 62 heavy (non-hydrogen) atoms. The molecule has 4 aromatic carbocycles. The van der Waals surface area contributed by atoms with E-state index in [1.165, 1.54) is 0 Å². The molecule has 1 unspecified atom stereocenters. The quantitative estimate of drug-likeness (QED) is 0.0390. The Balaban J connectivity index is 1.43. The van der Waals surface area contributed by atoms with Crippen molar-refractivity contribution in [2.75, 3.05) is 110 Å². The first-order valence-electron chi connectivity index (χ1n) is 20.2. The van der Waals surface area contributed by atoms with Crippen LogP contribution in [-0.2, 0) is 64.0 Å². The Morgan fingerprint density at radius 2 is 1.02 bits per heavy atom. The van der Waals surface area contributed by atoms with Gasteiger partial charge >= 0.3 is 0 Å². The first kappa shape index (κ1) is 51.8. The predicted molar refractivity (Wildman–Crippen MR) is 238 cm³/mol. The molecule has 3 N–H and O–H groups in total. The number of benzene rings is 4. The van der Waals surface area contributed by atoms with E-state index in [-0.39, 0.29) is 22.2 Å². The number of hydrogen-bond donors (Lipinski definition) is 3. The number of rotatable bonds is 29. The fourth-order valence-corrected chi connectivity index (χ4v) is 10.6. The lowest BCUT2D eigenvalue weighted by Gasteiger charge is -2.24. The summed E-state index contributed by atoms with van der Waals surface area (Å²) in [6, 6.07) is 11.2. The van der Waals surface area contributed by atoms with Crippen LogP contribution in [0.25, 0.3) is 32.3 Å². The number of nitrogens with one attached hydrogen (secondary N) is 1. The minimum Gasteiger partial charge on any atom is -0.382 e. The molecule has 0 aromatic heterocycles. The van der Waals surface area contributed by atoms with Gasteiger partial charge in [0.2, 0.25) is 20.0 Å². The van der Waals surface area contributed by atoms with Crippen molar-refractivity contribution in [3.63, 3.8) is 0 Å². The van der Waals surface area contributed by atoms with Gasteiger partial charge in [0.15, 0.2) is 0 Å². The SMILES string of the molecule is CC(CCCOCCOCCOCCOCCOCC(C)(C)C)Nc1ccc2ccc3c(S(=O)(=O)N(C)CCS(=O)(=O)O)cc(S(=O)(=O)N(C)CCS(=O)(=O)O)c4ccc1c2c34. The van der Waals surface area contributed by atoms with E-state index in [2.05, 4.69) is 26.1 Å². The standard InChI is InChI=1S/C40H61N3O15S4/c1-30(8-7-17-54-18-19-55-20-21-56-22-23-57-24-25-58-29-40(2,3)4)41-35-14-10-31-9-11-33-36(61(50,51)42(5)15-26-59(44,45)46)28-37(34-13-12-32(35)38(31)39(33)34)62(52,53)43(6)16-27-60(47,48)49/h9-14,28,30,41H,7-8,15-27,29H2,1-6H3,(H,44,45,46)(H,47,48,49). The maximum atomic E-state index is 14.1. The van der Waals surface area contributed by atoms with E-state index in [9.17, 15) is 42.8 Å². The first-order chi connectivity index (χ1) is 28.9. The summed E-state index contributed by atoms with van der Waals surface area (Å²) in [7, 11) is -16.1. The molecule has 18 nitrogen and oxygen atoms in total. The summed E-state index contributed by atoms with van der Waals surface area (Å²) < 4.78 is 150. The summed E-state index contributed by atoms with van der Waals surface area (Å²) in [4.78, 5) is -0.891. The van der Waals surface area contributed by atoms with Gasteiger partial charge in [0, 0.05) is 67.1 Å². The molecule has 0 aliphatic heterocycles. The van der Waals surface area contributed by atoms with Gasteiger partial charge in [-0.3, -0.25) is 9.11 Å². The van der Waals surface area contributed by atoms with Crippen molar-refractivity contribution in [1.29, 1.82) is 0 Å². The van der Waals surface area contributed by atoms with Crippen LogP contribution < -0.4 is 5.32 Å². The summed E-state index contributed by atoms with van der Waals surface area (Å²) in [6.07, 6.45) is 1.47. The third-order valence-corrected chi connectivity index (χ3v) is 15.0. The van der Waals surface area contributed by atoms with Crippen molar-refractivity contribution in [3.8, 4) is 0 Å². The number of nitrogens with zero attached hydrogens (tertiary/aromatic N) is 2. The Bertz CT molecular complexity index is 2440. The van der Waals surface area contributed by atoms with E-state index in [1.54, 1.807) is 24.3 Å². The van der Waals surface area contributed by atoms with E-state index in [0.717, 1.165) is 33.0 Å². The zero-order valence-electron chi connectivity index (χ0n) is 36.2. The largest absolute Gasteiger partial charge is 0.382 e. The van der Waals surface area contributed by atoms with Crippen molar-refractivity contribution in [2.24, 2.45) is 5.41 Å². The Kier molecular flexibility index (Phi) is 18.7. The van der Waals surface area contributed by atoms with Crippen LogP contribution in [0.5, 0.6) is 0 Å². The maximum Gasteiger partial charge on any atom is 0.266 e. The van der Waals surface area contributed by atoms with Gasteiger partial charge < -0.3 is 29.0 Å². The summed E-state index contributed by atoms with van der Waals surface area (Å²) in [5.41, 5.74) is 0.838. The second kappa shape index (κ2) is 22.4. The molecule has 0 spiro atoms. The van der Waals surface area contributed by atoms with Crippen LogP contribution in [0.3, 0.4) is 0 Å². The van der Waals surface area contributed by atoms with E-state index in [4.69, 9.17) is 23.7 Å². The fourth-order valence-electron chi connectivity index (χ4n) is 6.54. The minimum atomic E-state index is -4.60. The molecule has 0 amide bonds. The van der Waals surface area contributed by atoms with Gasteiger partial charge in [-0.1, -0.05) is 51.1 Å². The molecule has 0 fully saturated rings. The summed E-state index contributed by atoms with van der Waals surface area (Å²) in [6.45, 7) is 12.1. The van der Waals surface area contributed by atoms with Gasteiger partial charge in [0.25, 0.3) is 20.2 Å². The Hall–Kier alpha value is -2.84. The fraction of sp³-hybridized carbons (Fsp3) is 0.600. The lowest BCUT2D eigenvalue weighted by molar-refractivity contribution is -0.0170. The number of anilines is 1.